The van der Waals surface area contributed by atoms with E-state index in [2.05, 4.69) is 39.4 Å². The zero-order chi connectivity index (χ0) is 26.2. The lowest BCUT2D eigenvalue weighted by atomic mass is 9.94. The Balaban J connectivity index is 1.57. The maximum absolute atomic E-state index is 12.2. The summed E-state index contributed by atoms with van der Waals surface area (Å²) >= 11 is 0. The summed E-state index contributed by atoms with van der Waals surface area (Å²) in [5, 5.41) is 7.91. The van der Waals surface area contributed by atoms with Gasteiger partial charge in [0, 0.05) is 53.3 Å². The minimum Gasteiger partial charge on any atom is -0.361 e. The first kappa shape index (κ1) is 24.1. The maximum Gasteiger partial charge on any atom is 0.251 e. The van der Waals surface area contributed by atoms with Crippen molar-refractivity contribution in [2.45, 2.75) is 45.6 Å². The van der Waals surface area contributed by atoms with Gasteiger partial charge in [-0.15, -0.1) is 0 Å². The summed E-state index contributed by atoms with van der Waals surface area (Å²) in [6, 6.07) is 16.2. The smallest absolute Gasteiger partial charge is 0.251 e. The summed E-state index contributed by atoms with van der Waals surface area (Å²) in [4.78, 5) is 22.0. The summed E-state index contributed by atoms with van der Waals surface area (Å²) < 4.78 is 7.79. The van der Waals surface area contributed by atoms with Gasteiger partial charge >= 0.3 is 0 Å². The molecule has 6 rings (SSSR count). The van der Waals surface area contributed by atoms with Crippen molar-refractivity contribution in [2.24, 2.45) is 5.92 Å². The van der Waals surface area contributed by atoms with E-state index in [9.17, 15) is 4.79 Å². The lowest BCUT2D eigenvalue weighted by Gasteiger charge is -2.25. The largest absolute Gasteiger partial charge is 0.361 e. The van der Waals surface area contributed by atoms with Crippen LogP contribution >= 0.6 is 0 Å². The molecule has 4 aromatic heterocycles. The highest BCUT2D eigenvalue weighted by Gasteiger charge is 2.31. The first-order chi connectivity index (χ1) is 18.5. The minimum absolute atomic E-state index is 0.0949. The second-order valence-corrected chi connectivity index (χ2v) is 10.1. The fourth-order valence-electron chi connectivity index (χ4n) is 5.99. The first-order valence-corrected chi connectivity index (χ1v) is 13.2. The molecule has 1 aliphatic rings. The molecule has 38 heavy (non-hydrogen) atoms. The van der Waals surface area contributed by atoms with Gasteiger partial charge in [-0.2, -0.15) is 0 Å². The Kier molecular flexibility index (Phi) is 6.27. The van der Waals surface area contributed by atoms with Crippen LogP contribution in [0.5, 0.6) is 0 Å². The Hall–Kier alpha value is -4.26. The van der Waals surface area contributed by atoms with Gasteiger partial charge in [0.25, 0.3) is 5.91 Å². The van der Waals surface area contributed by atoms with Crippen LogP contribution in [0.25, 0.3) is 33.3 Å². The number of carbonyl (C=O) groups is 1. The van der Waals surface area contributed by atoms with E-state index in [1.165, 1.54) is 25.7 Å². The van der Waals surface area contributed by atoms with Crippen molar-refractivity contribution >= 4 is 16.9 Å². The molecule has 7 heteroatoms. The molecule has 0 radical (unpaired) electrons. The highest BCUT2D eigenvalue weighted by molar-refractivity contribution is 5.98. The van der Waals surface area contributed by atoms with Crippen molar-refractivity contribution in [1.82, 2.24) is 25.0 Å². The Bertz CT molecular complexity index is 1580. The monoisotopic (exact) mass is 505 g/mol. The number of nitrogens with one attached hydrogen (secondary N) is 1. The molecule has 1 fully saturated rings. The van der Waals surface area contributed by atoms with E-state index in [1.54, 1.807) is 7.05 Å². The number of benzene rings is 1. The third-order valence-electron chi connectivity index (χ3n) is 7.81. The summed E-state index contributed by atoms with van der Waals surface area (Å²) in [5.41, 5.74) is 7.52. The molecule has 4 heterocycles. The van der Waals surface area contributed by atoms with E-state index < -0.39 is 0 Å². The molecular formula is C31H31N5O2. The fraction of sp³-hybridized carbons (Fsp3) is 0.290. The number of carbonyl (C=O) groups excluding carboxylic acids is 1. The Labute approximate surface area is 221 Å². The molecule has 5 aromatic rings. The van der Waals surface area contributed by atoms with Crippen LogP contribution in [0.4, 0.5) is 0 Å². The van der Waals surface area contributed by atoms with Gasteiger partial charge in [-0.1, -0.05) is 36.2 Å². The van der Waals surface area contributed by atoms with E-state index in [0.29, 0.717) is 11.5 Å². The molecule has 1 amide bonds. The second kappa shape index (κ2) is 9.89. The predicted molar refractivity (Wildman–Crippen MR) is 148 cm³/mol. The van der Waals surface area contributed by atoms with E-state index in [0.717, 1.165) is 50.4 Å². The normalized spacial score (nSPS) is 14.7. The second-order valence-electron chi connectivity index (χ2n) is 10.1. The number of nitrogens with zero attached hydrogens (tertiary/aromatic N) is 4. The van der Waals surface area contributed by atoms with Gasteiger partial charge in [-0.3, -0.25) is 9.78 Å². The van der Waals surface area contributed by atoms with Gasteiger partial charge in [-0.05, 0) is 68.5 Å². The van der Waals surface area contributed by atoms with Crippen molar-refractivity contribution in [2.75, 3.05) is 7.05 Å². The molecule has 1 unspecified atom stereocenters. The number of pyridine rings is 2. The number of hydrogen-bond donors (Lipinski definition) is 1. The molecule has 0 bridgehead atoms. The third kappa shape index (κ3) is 4.18. The molecule has 7 nitrogen and oxygen atoms in total. The number of amides is 1. The lowest BCUT2D eigenvalue weighted by Crippen LogP contribution is -2.19. The van der Waals surface area contributed by atoms with Crippen molar-refractivity contribution in [1.29, 1.82) is 0 Å². The topological polar surface area (TPSA) is 85.8 Å². The standard InChI is InChI=1S/C31H31N5O2/c1-19-28(20(2)38-35-19)24-16-25-26(21-11-13-23(14-12-21)31(37)32-3)18-36(30(25)34-17-24)29(22-8-4-5-9-22)27-10-6-7-15-33-27/h6-7,10-18,22,29H,4-5,8-9H2,1-3H3,(H,32,37). The van der Waals surface area contributed by atoms with Crippen LogP contribution < -0.4 is 5.32 Å². The molecule has 192 valence electrons. The number of rotatable bonds is 6. The molecule has 1 N–H and O–H groups in total. The van der Waals surface area contributed by atoms with Gasteiger partial charge in [0.15, 0.2) is 0 Å². The summed E-state index contributed by atoms with van der Waals surface area (Å²) in [6.07, 6.45) is 10.9. The number of aromatic nitrogens is 4. The van der Waals surface area contributed by atoms with Crippen LogP contribution in [0.15, 0.2) is 71.6 Å². The fourth-order valence-corrected chi connectivity index (χ4v) is 5.99. The Morgan fingerprint density at radius 3 is 2.50 bits per heavy atom. The zero-order valence-corrected chi connectivity index (χ0v) is 21.9. The Morgan fingerprint density at radius 1 is 1.05 bits per heavy atom. The molecule has 1 atom stereocenters. The zero-order valence-electron chi connectivity index (χ0n) is 21.9. The summed E-state index contributed by atoms with van der Waals surface area (Å²) in [7, 11) is 1.65. The van der Waals surface area contributed by atoms with Crippen LogP contribution in [0, 0.1) is 19.8 Å². The van der Waals surface area contributed by atoms with Gasteiger partial charge in [0.05, 0.1) is 17.4 Å². The van der Waals surface area contributed by atoms with Crippen molar-refractivity contribution in [3.8, 4) is 22.3 Å². The number of fused-ring (bicyclic) bond motifs is 1. The van der Waals surface area contributed by atoms with Crippen LogP contribution in [-0.4, -0.2) is 32.6 Å². The SMILES string of the molecule is CNC(=O)c1ccc(-c2cn(C(c3ccccn3)C3CCCC3)c3ncc(-c4c(C)noc4C)cc23)cc1. The lowest BCUT2D eigenvalue weighted by molar-refractivity contribution is 0.0963. The molecular weight excluding hydrogens is 474 g/mol. The molecule has 0 spiro atoms. The molecule has 1 aliphatic carbocycles. The molecule has 0 aliphatic heterocycles. The van der Waals surface area contributed by atoms with Crippen LogP contribution in [0.3, 0.4) is 0 Å². The van der Waals surface area contributed by atoms with Gasteiger partial charge in [0.2, 0.25) is 0 Å². The van der Waals surface area contributed by atoms with Gasteiger partial charge in [-0.25, -0.2) is 4.98 Å². The van der Waals surface area contributed by atoms with Crippen LogP contribution in [-0.2, 0) is 0 Å². The third-order valence-corrected chi connectivity index (χ3v) is 7.81. The van der Waals surface area contributed by atoms with Gasteiger partial charge < -0.3 is 14.4 Å². The summed E-state index contributed by atoms with van der Waals surface area (Å²) in [5.74, 6) is 1.17. The van der Waals surface area contributed by atoms with E-state index in [4.69, 9.17) is 14.5 Å². The quantitative estimate of drug-likeness (QED) is 0.284. The van der Waals surface area contributed by atoms with Gasteiger partial charge in [0.1, 0.15) is 11.4 Å². The number of hydrogen-bond acceptors (Lipinski definition) is 5. The number of aryl methyl sites for hydroxylation is 2. The van der Waals surface area contributed by atoms with Crippen LogP contribution in [0.2, 0.25) is 0 Å². The van der Waals surface area contributed by atoms with Crippen molar-refractivity contribution < 1.29 is 9.32 Å². The van der Waals surface area contributed by atoms with E-state index in [1.807, 2.05) is 56.6 Å². The van der Waals surface area contributed by atoms with Crippen molar-refractivity contribution in [3.05, 3.63) is 89.8 Å². The van der Waals surface area contributed by atoms with Crippen LogP contribution in [0.1, 0.15) is 59.2 Å². The molecule has 0 saturated heterocycles. The van der Waals surface area contributed by atoms with E-state index in [-0.39, 0.29) is 11.9 Å². The van der Waals surface area contributed by atoms with E-state index >= 15 is 0 Å². The minimum atomic E-state index is -0.0993. The average molecular weight is 506 g/mol. The Morgan fingerprint density at radius 2 is 1.84 bits per heavy atom. The highest BCUT2D eigenvalue weighted by atomic mass is 16.5. The highest BCUT2D eigenvalue weighted by Crippen LogP contribution is 2.42. The molecule has 1 saturated carbocycles. The first-order valence-electron chi connectivity index (χ1n) is 13.2. The molecule has 1 aromatic carbocycles. The predicted octanol–water partition coefficient (Wildman–Crippen LogP) is 6.51. The average Bonchev–Trinajstić information content (AvgIpc) is 3.69. The summed E-state index contributed by atoms with van der Waals surface area (Å²) in [6.45, 7) is 3.89. The van der Waals surface area contributed by atoms with Crippen molar-refractivity contribution in [3.63, 3.8) is 0 Å². The maximum atomic E-state index is 12.2.